The lowest BCUT2D eigenvalue weighted by Gasteiger charge is -2.11. The molecule has 2 aromatic rings. The van der Waals surface area contributed by atoms with Gasteiger partial charge in [-0.2, -0.15) is 0 Å². The van der Waals surface area contributed by atoms with Crippen LogP contribution in [0.2, 0.25) is 10.0 Å². The zero-order chi connectivity index (χ0) is 17.3. The Balaban J connectivity index is 1.89. The van der Waals surface area contributed by atoms with Gasteiger partial charge in [0.15, 0.2) is 0 Å². The molecule has 0 radical (unpaired) electrons. The zero-order valence-corrected chi connectivity index (χ0v) is 14.7. The first-order valence-corrected chi connectivity index (χ1v) is 8.08. The summed E-state index contributed by atoms with van der Waals surface area (Å²) in [7, 11) is 3.96. The molecule has 3 rings (SSSR count). The van der Waals surface area contributed by atoms with Crippen molar-refractivity contribution in [1.29, 1.82) is 0 Å². The summed E-state index contributed by atoms with van der Waals surface area (Å²) in [5.41, 5.74) is 3.23. The highest BCUT2D eigenvalue weighted by Gasteiger charge is 2.22. The minimum absolute atomic E-state index is 0.382. The molecular weight excluding hydrogens is 345 g/mol. The molecule has 3 nitrogen and oxygen atoms in total. The van der Waals surface area contributed by atoms with E-state index in [4.69, 9.17) is 27.9 Å². The van der Waals surface area contributed by atoms with Crippen LogP contribution < -0.4 is 4.90 Å². The van der Waals surface area contributed by atoms with Crippen molar-refractivity contribution in [1.82, 2.24) is 0 Å². The third-order valence-corrected chi connectivity index (χ3v) is 4.40. The second kappa shape index (κ2) is 6.71. The average molecular weight is 360 g/mol. The molecule has 0 bridgehead atoms. The van der Waals surface area contributed by atoms with E-state index in [1.54, 1.807) is 30.4 Å². The van der Waals surface area contributed by atoms with E-state index in [0.717, 1.165) is 11.3 Å². The van der Waals surface area contributed by atoms with Crippen LogP contribution >= 0.6 is 23.2 Å². The predicted molar refractivity (Wildman–Crippen MR) is 99.3 cm³/mol. The van der Waals surface area contributed by atoms with E-state index in [0.29, 0.717) is 26.9 Å². The number of hydrogen-bond donors (Lipinski definition) is 0. The summed E-state index contributed by atoms with van der Waals surface area (Å²) >= 11 is 11.9. The van der Waals surface area contributed by atoms with Crippen LogP contribution in [-0.2, 0) is 9.53 Å². The van der Waals surface area contributed by atoms with Crippen LogP contribution in [0.15, 0.2) is 54.1 Å². The van der Waals surface area contributed by atoms with Crippen molar-refractivity contribution in [3.63, 3.8) is 0 Å². The Morgan fingerprint density at radius 2 is 1.71 bits per heavy atom. The molecule has 0 N–H and O–H groups in total. The summed E-state index contributed by atoms with van der Waals surface area (Å²) in [6.07, 6.45) is 3.51. The SMILES string of the molecule is CN(C)c1ccc(/C=C2/C=C(c3ccc(Cl)c(Cl)c3)OC2=O)cc1. The smallest absolute Gasteiger partial charge is 0.343 e. The zero-order valence-electron chi connectivity index (χ0n) is 13.2. The second-order valence-electron chi connectivity index (χ2n) is 5.61. The fraction of sp³-hybridized carbons (Fsp3) is 0.105. The Kier molecular flexibility index (Phi) is 4.65. The van der Waals surface area contributed by atoms with E-state index in [9.17, 15) is 4.79 Å². The first-order chi connectivity index (χ1) is 11.4. The summed E-state index contributed by atoms with van der Waals surface area (Å²) in [5, 5.41) is 0.880. The average Bonchev–Trinajstić information content (AvgIpc) is 2.91. The number of rotatable bonds is 3. The number of cyclic esters (lactones) is 1. The summed E-state index contributed by atoms with van der Waals surface area (Å²) in [6, 6.07) is 13.0. The maximum atomic E-state index is 12.1. The van der Waals surface area contributed by atoms with Crippen molar-refractivity contribution >= 4 is 46.7 Å². The largest absolute Gasteiger partial charge is 0.422 e. The molecule has 2 aromatic carbocycles. The van der Waals surface area contributed by atoms with Gasteiger partial charge in [-0.25, -0.2) is 4.79 Å². The van der Waals surface area contributed by atoms with E-state index in [1.807, 2.05) is 43.3 Å². The molecule has 0 aliphatic carbocycles. The monoisotopic (exact) mass is 359 g/mol. The molecule has 0 aromatic heterocycles. The molecular formula is C19H15Cl2NO2. The molecule has 24 heavy (non-hydrogen) atoms. The fourth-order valence-corrected chi connectivity index (χ4v) is 2.63. The molecule has 122 valence electrons. The third-order valence-electron chi connectivity index (χ3n) is 3.66. The molecule has 0 unspecified atom stereocenters. The van der Waals surface area contributed by atoms with E-state index >= 15 is 0 Å². The van der Waals surface area contributed by atoms with E-state index < -0.39 is 0 Å². The molecule has 1 aliphatic heterocycles. The summed E-state index contributed by atoms with van der Waals surface area (Å²) in [5.74, 6) is 0.0856. The van der Waals surface area contributed by atoms with Gasteiger partial charge in [-0.05, 0) is 48.0 Å². The van der Waals surface area contributed by atoms with E-state index in [1.165, 1.54) is 0 Å². The lowest BCUT2D eigenvalue weighted by Crippen LogP contribution is -2.07. The number of halogens is 2. The molecule has 1 heterocycles. The van der Waals surface area contributed by atoms with Crippen molar-refractivity contribution in [3.8, 4) is 0 Å². The number of ether oxygens (including phenoxy) is 1. The number of nitrogens with zero attached hydrogens (tertiary/aromatic N) is 1. The van der Waals surface area contributed by atoms with Gasteiger partial charge < -0.3 is 9.64 Å². The Hall–Kier alpha value is -2.23. The van der Waals surface area contributed by atoms with Gasteiger partial charge >= 0.3 is 5.97 Å². The number of benzene rings is 2. The van der Waals surface area contributed by atoms with Crippen LogP contribution in [0.5, 0.6) is 0 Å². The highest BCUT2D eigenvalue weighted by Crippen LogP contribution is 2.31. The predicted octanol–water partition coefficient (Wildman–Crippen LogP) is 5.04. The normalized spacial score (nSPS) is 15.4. The maximum Gasteiger partial charge on any atom is 0.343 e. The van der Waals surface area contributed by atoms with Gasteiger partial charge in [-0.15, -0.1) is 0 Å². The summed E-state index contributed by atoms with van der Waals surface area (Å²) in [4.78, 5) is 14.1. The van der Waals surface area contributed by atoms with Crippen molar-refractivity contribution in [3.05, 3.63) is 75.3 Å². The Bertz CT molecular complexity index is 852. The Labute approximate surface area is 150 Å². The summed E-state index contributed by atoms with van der Waals surface area (Å²) < 4.78 is 5.33. The minimum atomic E-state index is -0.382. The number of anilines is 1. The van der Waals surface area contributed by atoms with E-state index in [-0.39, 0.29) is 5.97 Å². The maximum absolute atomic E-state index is 12.1. The second-order valence-corrected chi connectivity index (χ2v) is 6.43. The number of hydrogen-bond acceptors (Lipinski definition) is 3. The highest BCUT2D eigenvalue weighted by atomic mass is 35.5. The van der Waals surface area contributed by atoms with Gasteiger partial charge in [0.05, 0.1) is 15.6 Å². The first kappa shape index (κ1) is 16.6. The minimum Gasteiger partial charge on any atom is -0.422 e. The van der Waals surface area contributed by atoms with Crippen LogP contribution in [0, 0.1) is 0 Å². The van der Waals surface area contributed by atoms with Gasteiger partial charge in [0, 0.05) is 25.3 Å². The quantitative estimate of drug-likeness (QED) is 0.567. The molecule has 0 saturated heterocycles. The van der Waals surface area contributed by atoms with Crippen LogP contribution in [0.25, 0.3) is 11.8 Å². The van der Waals surface area contributed by atoms with Gasteiger partial charge in [0.25, 0.3) is 0 Å². The van der Waals surface area contributed by atoms with Gasteiger partial charge in [-0.3, -0.25) is 0 Å². The van der Waals surface area contributed by atoms with Crippen LogP contribution in [0.3, 0.4) is 0 Å². The topological polar surface area (TPSA) is 29.5 Å². The number of carbonyl (C=O) groups is 1. The van der Waals surface area contributed by atoms with Crippen molar-refractivity contribution in [2.24, 2.45) is 0 Å². The molecule has 1 aliphatic rings. The Morgan fingerprint density at radius 1 is 1.00 bits per heavy atom. The van der Waals surface area contributed by atoms with Crippen LogP contribution in [0.1, 0.15) is 11.1 Å². The number of esters is 1. The van der Waals surface area contributed by atoms with Gasteiger partial charge in [-0.1, -0.05) is 35.3 Å². The Morgan fingerprint density at radius 3 is 2.33 bits per heavy atom. The van der Waals surface area contributed by atoms with E-state index in [2.05, 4.69) is 0 Å². The summed E-state index contributed by atoms with van der Waals surface area (Å²) in [6.45, 7) is 0. The molecule has 0 amide bonds. The lowest BCUT2D eigenvalue weighted by molar-refractivity contribution is -0.130. The number of carbonyl (C=O) groups excluding carboxylic acids is 1. The van der Waals surface area contributed by atoms with Crippen LogP contribution in [0.4, 0.5) is 5.69 Å². The highest BCUT2D eigenvalue weighted by molar-refractivity contribution is 6.42. The fourth-order valence-electron chi connectivity index (χ4n) is 2.33. The molecule has 0 fully saturated rings. The van der Waals surface area contributed by atoms with Crippen molar-refractivity contribution in [2.45, 2.75) is 0 Å². The van der Waals surface area contributed by atoms with Gasteiger partial charge in [0.2, 0.25) is 0 Å². The molecule has 0 atom stereocenters. The van der Waals surface area contributed by atoms with Crippen molar-refractivity contribution < 1.29 is 9.53 Å². The molecule has 0 saturated carbocycles. The van der Waals surface area contributed by atoms with Gasteiger partial charge in [0.1, 0.15) is 5.76 Å². The standard InChI is InChI=1S/C19H15Cl2NO2/c1-22(2)15-6-3-12(4-7-15)9-14-11-18(24-19(14)23)13-5-8-16(20)17(21)10-13/h3-11H,1-2H3/b14-9-. The lowest BCUT2D eigenvalue weighted by atomic mass is 10.1. The molecule has 0 spiro atoms. The van der Waals surface area contributed by atoms with Crippen molar-refractivity contribution in [2.75, 3.05) is 19.0 Å². The third kappa shape index (κ3) is 3.48. The molecule has 5 heteroatoms. The van der Waals surface area contributed by atoms with Crippen LogP contribution in [-0.4, -0.2) is 20.1 Å². The first-order valence-electron chi connectivity index (χ1n) is 7.32.